The molecule has 0 fully saturated rings. The van der Waals surface area contributed by atoms with Crippen molar-refractivity contribution >= 4 is 28.0 Å². The molecule has 1 heterocycles. The highest BCUT2D eigenvalue weighted by Gasteiger charge is 2.14. The van der Waals surface area contributed by atoms with Gasteiger partial charge < -0.3 is 9.32 Å². The molecule has 0 aliphatic carbocycles. The lowest BCUT2D eigenvalue weighted by Crippen LogP contribution is -2.09. The first-order valence-electron chi connectivity index (χ1n) is 18.9. The van der Waals surface area contributed by atoms with Crippen molar-refractivity contribution in [2.75, 3.05) is 4.90 Å². The maximum absolute atomic E-state index is 9.24. The summed E-state index contributed by atoms with van der Waals surface area (Å²) in [5.41, 5.74) is 4.59. The highest BCUT2D eigenvalue weighted by molar-refractivity contribution is 5.85. The van der Waals surface area contributed by atoms with Crippen LogP contribution in [0.1, 0.15) is 11.0 Å². The topological polar surface area (TPSA) is 16.4 Å². The molecule has 0 atom stereocenters. The maximum atomic E-state index is 9.24. The van der Waals surface area contributed by atoms with Gasteiger partial charge in [0.1, 0.15) is 11.3 Å². The number of fused-ring (bicyclic) bond motifs is 1. The highest BCUT2D eigenvalue weighted by atomic mass is 16.3. The Kier molecular flexibility index (Phi) is 5.27. The first kappa shape index (κ1) is 20.0. The molecule has 0 unspecified atom stereocenters. The summed E-state index contributed by atoms with van der Waals surface area (Å²) < 4.78 is 79.3. The van der Waals surface area contributed by atoms with E-state index in [0.717, 1.165) is 33.4 Å². The summed E-state index contributed by atoms with van der Waals surface area (Å²) in [6.07, 6.45) is 0. The standard InChI is InChI=1S/C44H31NO/c1-3-10-32(11-4-1)34-18-24-40(25-19-34)45(41-26-20-35(21-27-41)33-12-5-2-6-13-33)42-28-22-36(23-29-42)37-15-9-16-38(30-37)44-31-39-14-7-8-17-43(39)46-44/h1-31H/i18D,19D,20D,21D,24D,25D,26D,27D. The predicted octanol–water partition coefficient (Wildman–Crippen LogP) is 12.6. The number of rotatable bonds is 7. The van der Waals surface area contributed by atoms with Crippen LogP contribution in [0.4, 0.5) is 17.1 Å². The Labute approximate surface area is 280 Å². The van der Waals surface area contributed by atoms with Crippen molar-refractivity contribution in [1.29, 1.82) is 0 Å². The smallest absolute Gasteiger partial charge is 0.135 e. The number of para-hydroxylation sites is 1. The molecule has 7 aromatic carbocycles. The summed E-state index contributed by atoms with van der Waals surface area (Å²) in [5.74, 6) is 0.727. The van der Waals surface area contributed by atoms with Crippen molar-refractivity contribution in [1.82, 2.24) is 0 Å². The van der Waals surface area contributed by atoms with Gasteiger partial charge in [-0.15, -0.1) is 0 Å². The minimum absolute atomic E-state index is 0.118. The Hall–Kier alpha value is -6.12. The van der Waals surface area contributed by atoms with Crippen LogP contribution in [0.25, 0.3) is 55.7 Å². The molecule has 218 valence electrons. The molecule has 0 saturated heterocycles. The second-order valence-corrected chi connectivity index (χ2v) is 10.8. The molecular formula is C44H31NO. The summed E-state index contributed by atoms with van der Waals surface area (Å²) in [7, 11) is 0. The minimum atomic E-state index is -0.388. The van der Waals surface area contributed by atoms with Crippen molar-refractivity contribution < 1.29 is 15.4 Å². The zero-order valence-electron chi connectivity index (χ0n) is 32.6. The van der Waals surface area contributed by atoms with Crippen molar-refractivity contribution in [2.45, 2.75) is 0 Å². The van der Waals surface area contributed by atoms with Crippen LogP contribution in [0, 0.1) is 0 Å². The van der Waals surface area contributed by atoms with E-state index >= 15 is 0 Å². The van der Waals surface area contributed by atoms with Gasteiger partial charge in [-0.05, 0) is 87.9 Å². The second kappa shape index (κ2) is 12.1. The van der Waals surface area contributed by atoms with E-state index in [2.05, 4.69) is 0 Å². The number of hydrogen-bond donors (Lipinski definition) is 0. The van der Waals surface area contributed by atoms with E-state index in [1.165, 1.54) is 4.90 Å². The number of hydrogen-bond acceptors (Lipinski definition) is 2. The maximum Gasteiger partial charge on any atom is 0.135 e. The summed E-state index contributed by atoms with van der Waals surface area (Å²) >= 11 is 0. The molecule has 2 nitrogen and oxygen atoms in total. The van der Waals surface area contributed by atoms with E-state index in [9.17, 15) is 5.48 Å². The average Bonchev–Trinajstić information content (AvgIpc) is 3.65. The molecule has 0 amide bonds. The van der Waals surface area contributed by atoms with Gasteiger partial charge in [-0.2, -0.15) is 0 Å². The first-order valence-corrected chi connectivity index (χ1v) is 14.9. The van der Waals surface area contributed by atoms with Crippen molar-refractivity contribution in [3.63, 3.8) is 0 Å². The second-order valence-electron chi connectivity index (χ2n) is 10.8. The monoisotopic (exact) mass is 597 g/mol. The fourth-order valence-electron chi connectivity index (χ4n) is 5.48. The normalized spacial score (nSPS) is 13.5. The van der Waals surface area contributed by atoms with Gasteiger partial charge in [0.2, 0.25) is 0 Å². The number of anilines is 3. The van der Waals surface area contributed by atoms with E-state index in [0.29, 0.717) is 16.8 Å². The molecule has 1 aromatic heterocycles. The van der Waals surface area contributed by atoms with E-state index in [1.807, 2.05) is 66.7 Å². The van der Waals surface area contributed by atoms with Gasteiger partial charge >= 0.3 is 0 Å². The van der Waals surface area contributed by atoms with Crippen LogP contribution in [0.5, 0.6) is 0 Å². The molecule has 8 rings (SSSR count). The summed E-state index contributed by atoms with van der Waals surface area (Å²) in [5, 5.41) is 0.999. The van der Waals surface area contributed by atoms with E-state index in [1.54, 1.807) is 72.8 Å². The van der Waals surface area contributed by atoms with E-state index in [-0.39, 0.29) is 70.8 Å². The zero-order chi connectivity index (χ0) is 37.7. The molecule has 0 bridgehead atoms. The van der Waals surface area contributed by atoms with E-state index < -0.39 is 0 Å². The Bertz CT molecular complexity index is 2500. The van der Waals surface area contributed by atoms with Crippen molar-refractivity contribution in [2.24, 2.45) is 0 Å². The third-order valence-electron chi connectivity index (χ3n) is 7.83. The van der Waals surface area contributed by atoms with Crippen LogP contribution in [-0.2, 0) is 0 Å². The van der Waals surface area contributed by atoms with Crippen LogP contribution in [0.15, 0.2) is 192 Å². The average molecular weight is 598 g/mol. The lowest BCUT2D eigenvalue weighted by molar-refractivity contribution is 0.631. The Morgan fingerprint density at radius 3 is 1.46 bits per heavy atom. The summed E-state index contributed by atoms with van der Waals surface area (Å²) in [4.78, 5) is 1.32. The molecule has 2 heteroatoms. The summed E-state index contributed by atoms with van der Waals surface area (Å²) in [6.45, 7) is 0. The van der Waals surface area contributed by atoms with Crippen LogP contribution in [0.3, 0.4) is 0 Å². The summed E-state index contributed by atoms with van der Waals surface area (Å²) in [6, 6.07) is 39.6. The lowest BCUT2D eigenvalue weighted by atomic mass is 10.0. The molecule has 0 aliphatic heterocycles. The molecular weight excluding hydrogens is 558 g/mol. The van der Waals surface area contributed by atoms with E-state index in [4.69, 9.17) is 9.90 Å². The van der Waals surface area contributed by atoms with Crippen molar-refractivity contribution in [3.8, 4) is 44.7 Å². The van der Waals surface area contributed by atoms with Crippen molar-refractivity contribution in [3.05, 3.63) is 188 Å². The SMILES string of the molecule is [2H]c1c([2H])c(N(c2ccc(-c3cccc(-c4cc5ccccc5o4)c3)cc2)c2c([2H])c([2H])c(-c3ccccc3)c([2H])c2[2H])c([2H])c([2H])c1-c1ccccc1. The van der Waals surface area contributed by atoms with Crippen LogP contribution in [-0.4, -0.2) is 0 Å². The third-order valence-corrected chi connectivity index (χ3v) is 7.83. The van der Waals surface area contributed by atoms with Gasteiger partial charge in [0.05, 0.1) is 11.0 Å². The van der Waals surface area contributed by atoms with Gasteiger partial charge in [0.15, 0.2) is 0 Å². The predicted molar refractivity (Wildman–Crippen MR) is 193 cm³/mol. The molecule has 0 radical (unpaired) electrons. The Balaban J connectivity index is 1.30. The van der Waals surface area contributed by atoms with Gasteiger partial charge in [0, 0.05) is 28.0 Å². The number of benzene rings is 7. The molecule has 0 saturated carbocycles. The zero-order valence-corrected chi connectivity index (χ0v) is 24.6. The molecule has 0 aliphatic rings. The first-order chi connectivity index (χ1) is 26.1. The number of nitrogens with zero attached hydrogens (tertiary/aromatic N) is 1. The van der Waals surface area contributed by atoms with Gasteiger partial charge in [-0.25, -0.2) is 0 Å². The molecule has 8 aromatic rings. The largest absolute Gasteiger partial charge is 0.456 e. The lowest BCUT2D eigenvalue weighted by Gasteiger charge is -2.26. The highest BCUT2D eigenvalue weighted by Crippen LogP contribution is 2.38. The third kappa shape index (κ3) is 5.49. The molecule has 46 heavy (non-hydrogen) atoms. The fraction of sp³-hybridized carbons (Fsp3) is 0. The fourth-order valence-corrected chi connectivity index (χ4v) is 5.48. The minimum Gasteiger partial charge on any atom is -0.456 e. The quantitative estimate of drug-likeness (QED) is 0.182. The Morgan fingerprint density at radius 2 is 0.870 bits per heavy atom. The van der Waals surface area contributed by atoms with Gasteiger partial charge in [0.25, 0.3) is 0 Å². The molecule has 0 N–H and O–H groups in total. The Morgan fingerprint density at radius 1 is 0.370 bits per heavy atom. The number of furan rings is 1. The van der Waals surface area contributed by atoms with Gasteiger partial charge in [-0.3, -0.25) is 0 Å². The van der Waals surface area contributed by atoms with Crippen LogP contribution >= 0.6 is 0 Å². The van der Waals surface area contributed by atoms with Crippen LogP contribution < -0.4 is 4.90 Å². The molecule has 0 spiro atoms. The van der Waals surface area contributed by atoms with Crippen LogP contribution in [0.2, 0.25) is 0 Å². The van der Waals surface area contributed by atoms with Gasteiger partial charge in [-0.1, -0.05) is 133 Å².